The fourth-order valence-corrected chi connectivity index (χ4v) is 7.40. The number of carbonyl (C=O) groups excluding carboxylic acids is 1. The van der Waals surface area contributed by atoms with Crippen LogP contribution in [0, 0.1) is 35.0 Å². The summed E-state index contributed by atoms with van der Waals surface area (Å²) in [5.74, 6) is 3.18. The van der Waals surface area contributed by atoms with E-state index in [0.717, 1.165) is 32.1 Å². The van der Waals surface area contributed by atoms with Crippen molar-refractivity contribution in [2.24, 2.45) is 35.0 Å². The monoisotopic (exact) mass is 328 g/mol. The molecule has 4 aliphatic carbocycles. The Labute approximate surface area is 146 Å². The first-order valence-electron chi connectivity index (χ1n) is 10.1. The van der Waals surface area contributed by atoms with Gasteiger partial charge in [-0.15, -0.1) is 0 Å². The number of allylic oxidation sites excluding steroid dienone is 3. The molecular formula is C22H32O2. The number of carbonyl (C=O) groups is 1. The molecule has 4 aliphatic rings. The van der Waals surface area contributed by atoms with Crippen LogP contribution in [0.15, 0.2) is 24.3 Å². The lowest BCUT2D eigenvalue weighted by molar-refractivity contribution is -0.124. The Morgan fingerprint density at radius 1 is 1.25 bits per heavy atom. The van der Waals surface area contributed by atoms with Crippen LogP contribution < -0.4 is 0 Å². The summed E-state index contributed by atoms with van der Waals surface area (Å²) in [5, 5.41) is 11.4. The van der Waals surface area contributed by atoms with Crippen molar-refractivity contribution in [1.29, 1.82) is 0 Å². The first-order valence-corrected chi connectivity index (χ1v) is 10.1. The smallest absolute Gasteiger partial charge is 0.155 e. The van der Waals surface area contributed by atoms with Crippen LogP contribution in [0.3, 0.4) is 0 Å². The lowest BCUT2D eigenvalue weighted by atomic mass is 9.47. The molecule has 0 heterocycles. The molecule has 7 atom stereocenters. The second-order valence-corrected chi connectivity index (χ2v) is 9.01. The van der Waals surface area contributed by atoms with Gasteiger partial charge < -0.3 is 5.11 Å². The highest BCUT2D eigenvalue weighted by atomic mass is 16.3. The minimum atomic E-state index is -0.504. The summed E-state index contributed by atoms with van der Waals surface area (Å²) in [6.45, 7) is 8.96. The van der Waals surface area contributed by atoms with Crippen molar-refractivity contribution in [2.45, 2.75) is 70.8 Å². The lowest BCUT2D eigenvalue weighted by Gasteiger charge is -2.58. The van der Waals surface area contributed by atoms with E-state index in [0.29, 0.717) is 35.4 Å². The van der Waals surface area contributed by atoms with Crippen molar-refractivity contribution in [2.75, 3.05) is 0 Å². The third-order valence-corrected chi connectivity index (χ3v) is 8.51. The van der Waals surface area contributed by atoms with Gasteiger partial charge in [0, 0.05) is 11.8 Å². The molecule has 0 spiro atoms. The number of aliphatic hydroxyl groups is 1. The largest absolute Gasteiger partial charge is 0.389 e. The molecule has 0 aromatic carbocycles. The molecular weight excluding hydrogens is 296 g/mol. The van der Waals surface area contributed by atoms with E-state index in [2.05, 4.69) is 26.5 Å². The average molecular weight is 328 g/mol. The first kappa shape index (κ1) is 16.6. The molecule has 0 saturated heterocycles. The fourth-order valence-electron chi connectivity index (χ4n) is 7.40. The maximum absolute atomic E-state index is 11.8. The molecule has 0 bridgehead atoms. The number of ketones is 1. The highest BCUT2D eigenvalue weighted by Crippen LogP contribution is 2.67. The first-order chi connectivity index (χ1) is 11.5. The van der Waals surface area contributed by atoms with Crippen molar-refractivity contribution in [3.8, 4) is 0 Å². The van der Waals surface area contributed by atoms with Crippen LogP contribution in [0.4, 0.5) is 0 Å². The molecule has 0 aromatic rings. The van der Waals surface area contributed by atoms with Crippen molar-refractivity contribution >= 4 is 5.78 Å². The normalized spacial score (nSPS) is 50.4. The van der Waals surface area contributed by atoms with Gasteiger partial charge in [-0.3, -0.25) is 4.79 Å². The molecule has 3 fully saturated rings. The molecule has 0 aliphatic heterocycles. The number of hydrogen-bond donors (Lipinski definition) is 1. The summed E-state index contributed by atoms with van der Waals surface area (Å²) in [5.41, 5.74) is 0.900. The van der Waals surface area contributed by atoms with E-state index in [-0.39, 0.29) is 5.41 Å². The number of rotatable bonds is 2. The van der Waals surface area contributed by atoms with Gasteiger partial charge in [-0.05, 0) is 80.6 Å². The van der Waals surface area contributed by atoms with Gasteiger partial charge in [-0.25, -0.2) is 0 Å². The lowest BCUT2D eigenvalue weighted by Crippen LogP contribution is -2.55. The summed E-state index contributed by atoms with van der Waals surface area (Å²) in [6.07, 6.45) is 12.2. The highest BCUT2D eigenvalue weighted by molar-refractivity contribution is 5.90. The maximum atomic E-state index is 11.8. The predicted octanol–water partition coefficient (Wildman–Crippen LogP) is 4.68. The van der Waals surface area contributed by atoms with Gasteiger partial charge in [0.2, 0.25) is 0 Å². The van der Waals surface area contributed by atoms with Crippen LogP contribution in [0.1, 0.15) is 65.2 Å². The van der Waals surface area contributed by atoms with Crippen LogP contribution in [0.25, 0.3) is 0 Å². The Bertz CT molecular complexity index is 591. The Balaban J connectivity index is 1.72. The zero-order chi connectivity index (χ0) is 17.1. The van der Waals surface area contributed by atoms with Gasteiger partial charge in [0.15, 0.2) is 5.78 Å². The molecule has 3 saturated carbocycles. The van der Waals surface area contributed by atoms with Crippen molar-refractivity contribution in [1.82, 2.24) is 0 Å². The molecule has 4 rings (SSSR count). The second kappa shape index (κ2) is 5.56. The van der Waals surface area contributed by atoms with Crippen LogP contribution in [0.2, 0.25) is 0 Å². The highest BCUT2D eigenvalue weighted by Gasteiger charge is 2.64. The van der Waals surface area contributed by atoms with Crippen molar-refractivity contribution in [3.05, 3.63) is 24.3 Å². The summed E-state index contributed by atoms with van der Waals surface area (Å²) in [4.78, 5) is 11.8. The molecule has 0 aromatic heterocycles. The molecule has 1 N–H and O–H groups in total. The minimum Gasteiger partial charge on any atom is -0.389 e. The maximum Gasteiger partial charge on any atom is 0.155 e. The van der Waals surface area contributed by atoms with E-state index >= 15 is 0 Å². The predicted molar refractivity (Wildman–Crippen MR) is 96.4 cm³/mol. The van der Waals surface area contributed by atoms with Gasteiger partial charge in [0.1, 0.15) is 0 Å². The van der Waals surface area contributed by atoms with E-state index in [1.807, 2.05) is 6.08 Å². The van der Waals surface area contributed by atoms with E-state index < -0.39 is 5.60 Å². The zero-order valence-electron chi connectivity index (χ0n) is 15.3. The molecule has 0 radical (unpaired) electrons. The van der Waals surface area contributed by atoms with Gasteiger partial charge >= 0.3 is 0 Å². The van der Waals surface area contributed by atoms with Gasteiger partial charge in [-0.2, -0.15) is 0 Å². The fraction of sp³-hybridized carbons (Fsp3) is 0.773. The second-order valence-electron chi connectivity index (χ2n) is 9.01. The molecule has 2 heteroatoms. The Kier molecular flexibility index (Phi) is 3.84. The SMILES string of the molecule is C=C1C[C@@]2(CC)[C@@H](CC[C@@]2(O)CC)[C@@H]2CCC3CC(=O)C=C[C@@H]3[C@@H]12. The summed E-state index contributed by atoms with van der Waals surface area (Å²) in [6, 6.07) is 0. The molecule has 2 nitrogen and oxygen atoms in total. The molecule has 0 amide bonds. The van der Waals surface area contributed by atoms with E-state index in [4.69, 9.17) is 0 Å². The van der Waals surface area contributed by atoms with Crippen LogP contribution in [-0.2, 0) is 4.79 Å². The Morgan fingerprint density at radius 3 is 2.75 bits per heavy atom. The van der Waals surface area contributed by atoms with Crippen LogP contribution in [0.5, 0.6) is 0 Å². The van der Waals surface area contributed by atoms with E-state index in [1.54, 1.807) is 0 Å². The quantitative estimate of drug-likeness (QED) is 0.747. The third-order valence-electron chi connectivity index (χ3n) is 8.51. The van der Waals surface area contributed by atoms with Crippen molar-refractivity contribution < 1.29 is 9.90 Å². The van der Waals surface area contributed by atoms with E-state index in [1.165, 1.54) is 24.8 Å². The van der Waals surface area contributed by atoms with Crippen molar-refractivity contribution in [3.63, 3.8) is 0 Å². The summed E-state index contributed by atoms with van der Waals surface area (Å²) in [7, 11) is 0. The summed E-state index contributed by atoms with van der Waals surface area (Å²) >= 11 is 0. The van der Waals surface area contributed by atoms with Gasteiger partial charge in [-0.1, -0.05) is 32.1 Å². The molecule has 132 valence electrons. The summed E-state index contributed by atoms with van der Waals surface area (Å²) < 4.78 is 0. The topological polar surface area (TPSA) is 37.3 Å². The molecule has 1 unspecified atom stereocenters. The Morgan fingerprint density at radius 2 is 2.04 bits per heavy atom. The van der Waals surface area contributed by atoms with Gasteiger partial charge in [0.05, 0.1) is 5.60 Å². The Hall–Kier alpha value is -0.890. The average Bonchev–Trinajstić information content (AvgIpc) is 2.88. The van der Waals surface area contributed by atoms with Crippen LogP contribution >= 0.6 is 0 Å². The zero-order valence-corrected chi connectivity index (χ0v) is 15.3. The number of fused-ring (bicyclic) bond motifs is 5. The third kappa shape index (κ3) is 2.01. The minimum absolute atomic E-state index is 0.0427. The standard InChI is InChI=1S/C22H32O2/c1-4-21-13-14(3)20-17-9-7-16(23)12-15(17)6-8-18(20)19(21)10-11-22(21,24)5-2/h7,9,15,17-20,24H,3-6,8,10-13H2,1-2H3/t15?,17-,18-,19-,20+,21-,22-/m0/s1. The number of hydrogen-bond acceptors (Lipinski definition) is 2. The van der Waals surface area contributed by atoms with Gasteiger partial charge in [0.25, 0.3) is 0 Å². The van der Waals surface area contributed by atoms with E-state index in [9.17, 15) is 9.90 Å². The molecule has 24 heavy (non-hydrogen) atoms. The van der Waals surface area contributed by atoms with Crippen LogP contribution in [-0.4, -0.2) is 16.5 Å².